The molecule has 0 radical (unpaired) electrons. The predicted molar refractivity (Wildman–Crippen MR) is 68.1 cm³/mol. The molecule has 1 aliphatic rings. The lowest BCUT2D eigenvalue weighted by molar-refractivity contribution is -0.135. The molecule has 6 nitrogen and oxygen atoms in total. The molecule has 0 saturated heterocycles. The SMILES string of the molecule is CC1(C)C(=O)Nc2ccc(C(=O)NCC(=O)O)cc21. The van der Waals surface area contributed by atoms with Crippen LogP contribution >= 0.6 is 0 Å². The van der Waals surface area contributed by atoms with Gasteiger partial charge in [0.15, 0.2) is 0 Å². The number of amides is 2. The molecule has 2 amide bonds. The normalized spacial score (nSPS) is 15.6. The fourth-order valence-electron chi connectivity index (χ4n) is 1.97. The van der Waals surface area contributed by atoms with Gasteiger partial charge in [-0.1, -0.05) is 0 Å². The lowest BCUT2D eigenvalue weighted by Crippen LogP contribution is -2.30. The van der Waals surface area contributed by atoms with Crippen molar-refractivity contribution in [3.05, 3.63) is 29.3 Å². The van der Waals surface area contributed by atoms with Crippen molar-refractivity contribution in [3.8, 4) is 0 Å². The summed E-state index contributed by atoms with van der Waals surface area (Å²) < 4.78 is 0. The van der Waals surface area contributed by atoms with Gasteiger partial charge in [-0.15, -0.1) is 0 Å². The Morgan fingerprint density at radius 2 is 2.05 bits per heavy atom. The highest BCUT2D eigenvalue weighted by atomic mass is 16.4. The molecule has 0 bridgehead atoms. The Bertz CT molecular complexity index is 578. The van der Waals surface area contributed by atoms with Gasteiger partial charge in [-0.25, -0.2) is 0 Å². The van der Waals surface area contributed by atoms with E-state index in [0.717, 1.165) is 5.56 Å². The second-order valence-electron chi connectivity index (χ2n) is 4.92. The van der Waals surface area contributed by atoms with Crippen molar-refractivity contribution in [2.45, 2.75) is 19.3 Å². The second kappa shape index (κ2) is 4.38. The second-order valence-corrected chi connectivity index (χ2v) is 4.92. The van der Waals surface area contributed by atoms with E-state index in [1.165, 1.54) is 0 Å². The highest BCUT2D eigenvalue weighted by Crippen LogP contribution is 2.37. The van der Waals surface area contributed by atoms with Crippen molar-refractivity contribution in [1.29, 1.82) is 0 Å². The molecule has 1 aliphatic heterocycles. The number of hydrogen-bond acceptors (Lipinski definition) is 3. The molecular weight excluding hydrogens is 248 g/mol. The van der Waals surface area contributed by atoms with Crippen LogP contribution in [0.5, 0.6) is 0 Å². The molecule has 1 aromatic carbocycles. The third kappa shape index (κ3) is 2.29. The van der Waals surface area contributed by atoms with Crippen molar-refractivity contribution in [1.82, 2.24) is 5.32 Å². The zero-order chi connectivity index (χ0) is 14.2. The van der Waals surface area contributed by atoms with Crippen molar-refractivity contribution in [2.24, 2.45) is 0 Å². The third-order valence-electron chi connectivity index (χ3n) is 3.17. The van der Waals surface area contributed by atoms with E-state index in [1.54, 1.807) is 32.0 Å². The third-order valence-corrected chi connectivity index (χ3v) is 3.17. The van der Waals surface area contributed by atoms with Gasteiger partial charge in [0.2, 0.25) is 5.91 Å². The van der Waals surface area contributed by atoms with Crippen LogP contribution in [0.2, 0.25) is 0 Å². The first-order valence-corrected chi connectivity index (χ1v) is 5.78. The maximum atomic E-state index is 11.8. The lowest BCUT2D eigenvalue weighted by atomic mass is 9.85. The number of benzene rings is 1. The molecule has 6 heteroatoms. The average molecular weight is 262 g/mol. The summed E-state index contributed by atoms with van der Waals surface area (Å²) in [5.74, 6) is -1.70. The maximum Gasteiger partial charge on any atom is 0.322 e. The molecule has 19 heavy (non-hydrogen) atoms. The number of aliphatic carboxylic acids is 1. The quantitative estimate of drug-likeness (QED) is 0.748. The number of carboxylic acid groups (broad SMARTS) is 1. The van der Waals surface area contributed by atoms with Crippen molar-refractivity contribution < 1.29 is 19.5 Å². The summed E-state index contributed by atoms with van der Waals surface area (Å²) in [4.78, 5) is 33.9. The van der Waals surface area contributed by atoms with Crippen molar-refractivity contribution in [3.63, 3.8) is 0 Å². The number of fused-ring (bicyclic) bond motifs is 1. The molecule has 0 fully saturated rings. The van der Waals surface area contributed by atoms with E-state index in [2.05, 4.69) is 10.6 Å². The van der Waals surface area contributed by atoms with Crippen LogP contribution in [0.25, 0.3) is 0 Å². The number of carbonyl (C=O) groups excluding carboxylic acids is 2. The van der Waals surface area contributed by atoms with E-state index in [1.807, 2.05) is 0 Å². The summed E-state index contributed by atoms with van der Waals surface area (Å²) in [6.07, 6.45) is 0. The van der Waals surface area contributed by atoms with Crippen molar-refractivity contribution >= 4 is 23.5 Å². The van der Waals surface area contributed by atoms with E-state index in [-0.39, 0.29) is 5.91 Å². The van der Waals surface area contributed by atoms with E-state index in [0.29, 0.717) is 11.3 Å². The Hall–Kier alpha value is -2.37. The summed E-state index contributed by atoms with van der Waals surface area (Å²) in [6, 6.07) is 4.82. The van der Waals surface area contributed by atoms with Gasteiger partial charge < -0.3 is 15.7 Å². The molecule has 100 valence electrons. The molecule has 0 unspecified atom stereocenters. The van der Waals surface area contributed by atoms with Crippen LogP contribution in [-0.2, 0) is 15.0 Å². The fourth-order valence-corrected chi connectivity index (χ4v) is 1.97. The topological polar surface area (TPSA) is 95.5 Å². The number of carboxylic acids is 1. The minimum Gasteiger partial charge on any atom is -0.480 e. The molecule has 0 spiro atoms. The number of rotatable bonds is 3. The molecule has 0 atom stereocenters. The molecule has 0 saturated carbocycles. The summed E-state index contributed by atoms with van der Waals surface area (Å²) in [5.41, 5.74) is 1.06. The fraction of sp³-hybridized carbons (Fsp3) is 0.308. The van der Waals surface area contributed by atoms with Gasteiger partial charge in [-0.2, -0.15) is 0 Å². The standard InChI is InChI=1S/C13H14N2O4/c1-13(2)8-5-7(11(18)14-6-10(16)17)3-4-9(8)15-12(13)19/h3-5H,6H2,1-2H3,(H,14,18)(H,15,19)(H,16,17). The number of carbonyl (C=O) groups is 3. The van der Waals surface area contributed by atoms with Gasteiger partial charge in [0.05, 0.1) is 5.41 Å². The summed E-state index contributed by atoms with van der Waals surface area (Å²) in [7, 11) is 0. The van der Waals surface area contributed by atoms with E-state index >= 15 is 0 Å². The summed E-state index contributed by atoms with van der Waals surface area (Å²) in [6.45, 7) is 3.11. The Labute approximate surface area is 109 Å². The Kier molecular flexibility index (Phi) is 3.01. The Balaban J connectivity index is 2.28. The molecule has 2 rings (SSSR count). The molecule has 1 heterocycles. The van der Waals surface area contributed by atoms with Gasteiger partial charge >= 0.3 is 5.97 Å². The average Bonchev–Trinajstić information content (AvgIpc) is 2.57. The van der Waals surface area contributed by atoms with Crippen LogP contribution in [0.4, 0.5) is 5.69 Å². The summed E-state index contributed by atoms with van der Waals surface area (Å²) in [5, 5.41) is 13.5. The number of nitrogens with one attached hydrogen (secondary N) is 2. The minimum absolute atomic E-state index is 0.120. The van der Waals surface area contributed by atoms with Crippen LogP contribution in [0.1, 0.15) is 29.8 Å². The van der Waals surface area contributed by atoms with Crippen LogP contribution in [-0.4, -0.2) is 29.4 Å². The zero-order valence-electron chi connectivity index (χ0n) is 10.6. The van der Waals surface area contributed by atoms with Gasteiger partial charge in [0.25, 0.3) is 5.91 Å². The van der Waals surface area contributed by atoms with Gasteiger partial charge in [-0.05, 0) is 37.6 Å². The molecule has 0 aromatic heterocycles. The highest BCUT2D eigenvalue weighted by molar-refractivity contribution is 6.07. The van der Waals surface area contributed by atoms with E-state index in [9.17, 15) is 14.4 Å². The number of anilines is 1. The molecule has 3 N–H and O–H groups in total. The Morgan fingerprint density at radius 3 is 2.68 bits per heavy atom. The monoisotopic (exact) mass is 262 g/mol. The first-order valence-electron chi connectivity index (χ1n) is 5.78. The zero-order valence-corrected chi connectivity index (χ0v) is 10.6. The summed E-state index contributed by atoms with van der Waals surface area (Å²) >= 11 is 0. The van der Waals surface area contributed by atoms with E-state index < -0.39 is 23.8 Å². The highest BCUT2D eigenvalue weighted by Gasteiger charge is 2.38. The molecule has 1 aromatic rings. The van der Waals surface area contributed by atoms with Gasteiger partial charge in [0.1, 0.15) is 6.54 Å². The smallest absolute Gasteiger partial charge is 0.322 e. The first-order chi connectivity index (χ1) is 8.82. The van der Waals surface area contributed by atoms with Gasteiger partial charge in [0, 0.05) is 11.3 Å². The maximum absolute atomic E-state index is 11.8. The Morgan fingerprint density at radius 1 is 1.37 bits per heavy atom. The van der Waals surface area contributed by atoms with Gasteiger partial charge in [-0.3, -0.25) is 14.4 Å². The van der Waals surface area contributed by atoms with E-state index in [4.69, 9.17) is 5.11 Å². The van der Waals surface area contributed by atoms with Crippen LogP contribution in [0.3, 0.4) is 0 Å². The predicted octanol–water partition coefficient (Wildman–Crippen LogP) is 0.731. The number of hydrogen-bond donors (Lipinski definition) is 3. The minimum atomic E-state index is -1.10. The largest absolute Gasteiger partial charge is 0.480 e. The van der Waals surface area contributed by atoms with Crippen LogP contribution < -0.4 is 10.6 Å². The molecule has 0 aliphatic carbocycles. The van der Waals surface area contributed by atoms with Crippen molar-refractivity contribution in [2.75, 3.05) is 11.9 Å². The lowest BCUT2D eigenvalue weighted by Gasteiger charge is -2.15. The van der Waals surface area contributed by atoms with Crippen LogP contribution in [0.15, 0.2) is 18.2 Å². The molecular formula is C13H14N2O4. The first kappa shape index (κ1) is 13.1. The van der Waals surface area contributed by atoms with Crippen LogP contribution in [0, 0.1) is 0 Å².